The summed E-state index contributed by atoms with van der Waals surface area (Å²) in [5.41, 5.74) is 1.92. The molecule has 1 aliphatic heterocycles. The van der Waals surface area contributed by atoms with Crippen LogP contribution < -0.4 is 14.2 Å². The summed E-state index contributed by atoms with van der Waals surface area (Å²) in [7, 11) is 3.27. The van der Waals surface area contributed by atoms with Crippen LogP contribution in [0.25, 0.3) is 0 Å². The van der Waals surface area contributed by atoms with Gasteiger partial charge < -0.3 is 19.1 Å². The number of nitrogens with zero attached hydrogens (tertiary/aromatic N) is 1. The molecule has 1 amide bonds. The van der Waals surface area contributed by atoms with Gasteiger partial charge in [-0.25, -0.2) is 0 Å². The van der Waals surface area contributed by atoms with Crippen LogP contribution >= 0.6 is 11.8 Å². The molecule has 3 aromatic rings. The number of carbonyl (C=O) groups excluding carboxylic acids is 1. The van der Waals surface area contributed by atoms with Crippen LogP contribution in [0, 0.1) is 0 Å². The van der Waals surface area contributed by atoms with E-state index in [2.05, 4.69) is 0 Å². The minimum absolute atomic E-state index is 0.0996. The summed E-state index contributed by atoms with van der Waals surface area (Å²) < 4.78 is 17.0. The third-order valence-electron chi connectivity index (χ3n) is 4.94. The summed E-state index contributed by atoms with van der Waals surface area (Å²) in [6.45, 7) is 0.503. The Hall–Kier alpha value is -3.12. The number of hydrogen-bond donors (Lipinski definition) is 0. The highest BCUT2D eigenvalue weighted by molar-refractivity contribution is 8.00. The minimum Gasteiger partial charge on any atom is -0.496 e. The first-order valence-electron chi connectivity index (χ1n) is 9.63. The average Bonchev–Trinajstić information content (AvgIpc) is 3.14. The Balaban J connectivity index is 1.54. The van der Waals surface area contributed by atoms with E-state index >= 15 is 0 Å². The van der Waals surface area contributed by atoms with E-state index in [1.807, 2.05) is 77.7 Å². The largest absolute Gasteiger partial charge is 0.496 e. The third kappa shape index (κ3) is 4.24. The van der Waals surface area contributed by atoms with Gasteiger partial charge in [0, 0.05) is 6.54 Å². The van der Waals surface area contributed by atoms with Crippen LogP contribution in [-0.2, 0) is 11.3 Å². The molecule has 0 radical (unpaired) electrons. The van der Waals surface area contributed by atoms with E-state index in [9.17, 15) is 4.79 Å². The second-order valence-electron chi connectivity index (χ2n) is 6.82. The van der Waals surface area contributed by atoms with E-state index in [1.165, 1.54) is 0 Å². The number of methoxy groups -OCH3 is 2. The predicted octanol–water partition coefficient (Wildman–Crippen LogP) is 5.27. The number of carbonyl (C=O) groups is 1. The van der Waals surface area contributed by atoms with Crippen molar-refractivity contribution in [1.29, 1.82) is 0 Å². The summed E-state index contributed by atoms with van der Waals surface area (Å²) in [6.07, 6.45) is 0. The maximum Gasteiger partial charge on any atom is 0.234 e. The van der Waals surface area contributed by atoms with Crippen LogP contribution in [0.2, 0.25) is 0 Å². The van der Waals surface area contributed by atoms with Gasteiger partial charge in [0.1, 0.15) is 28.4 Å². The summed E-state index contributed by atoms with van der Waals surface area (Å²) in [5.74, 6) is 3.52. The maximum absolute atomic E-state index is 12.7. The molecule has 1 aliphatic rings. The highest BCUT2D eigenvalue weighted by Crippen LogP contribution is 2.47. The topological polar surface area (TPSA) is 48.0 Å². The molecule has 1 heterocycles. The van der Waals surface area contributed by atoms with Crippen LogP contribution in [0.5, 0.6) is 23.0 Å². The van der Waals surface area contributed by atoms with E-state index in [1.54, 1.807) is 26.0 Å². The summed E-state index contributed by atoms with van der Waals surface area (Å²) in [4.78, 5) is 14.5. The van der Waals surface area contributed by atoms with Crippen molar-refractivity contribution in [3.63, 3.8) is 0 Å². The molecule has 1 atom stereocenters. The zero-order chi connectivity index (χ0) is 20.9. The molecule has 3 aromatic carbocycles. The lowest BCUT2D eigenvalue weighted by Gasteiger charge is -2.27. The summed E-state index contributed by atoms with van der Waals surface area (Å²) in [5, 5.41) is -0.163. The summed E-state index contributed by atoms with van der Waals surface area (Å²) in [6, 6.07) is 23.2. The van der Waals surface area contributed by atoms with Crippen LogP contribution in [0.4, 0.5) is 0 Å². The predicted molar refractivity (Wildman–Crippen MR) is 118 cm³/mol. The normalized spacial score (nSPS) is 15.9. The highest BCUT2D eigenvalue weighted by atomic mass is 32.2. The molecule has 0 aliphatic carbocycles. The molecule has 0 spiro atoms. The molecule has 0 saturated carbocycles. The van der Waals surface area contributed by atoms with Gasteiger partial charge in [-0.05, 0) is 42.0 Å². The molecule has 4 rings (SSSR count). The van der Waals surface area contributed by atoms with Gasteiger partial charge in [0.2, 0.25) is 5.91 Å². The van der Waals surface area contributed by atoms with Gasteiger partial charge in [-0.3, -0.25) is 4.79 Å². The van der Waals surface area contributed by atoms with Crippen molar-refractivity contribution in [1.82, 2.24) is 4.90 Å². The Bertz CT molecular complexity index is 985. The van der Waals surface area contributed by atoms with Gasteiger partial charge in [-0.2, -0.15) is 0 Å². The number of para-hydroxylation sites is 1. The maximum atomic E-state index is 12.7. The molecule has 30 heavy (non-hydrogen) atoms. The first-order chi connectivity index (χ1) is 14.7. The fraction of sp³-hybridized carbons (Fsp3) is 0.208. The lowest BCUT2D eigenvalue weighted by Crippen LogP contribution is -2.28. The Morgan fingerprint density at radius 2 is 1.50 bits per heavy atom. The first kappa shape index (κ1) is 20.2. The van der Waals surface area contributed by atoms with Crippen LogP contribution in [0.3, 0.4) is 0 Å². The number of thioether (sulfide) groups is 1. The fourth-order valence-electron chi connectivity index (χ4n) is 3.47. The molecule has 1 saturated heterocycles. The lowest BCUT2D eigenvalue weighted by molar-refractivity contribution is -0.128. The molecule has 1 fully saturated rings. The Labute approximate surface area is 180 Å². The fourth-order valence-corrected chi connectivity index (χ4v) is 4.71. The molecule has 0 N–H and O–H groups in total. The van der Waals surface area contributed by atoms with Gasteiger partial charge in [-0.15, -0.1) is 11.8 Å². The minimum atomic E-state index is -0.163. The van der Waals surface area contributed by atoms with Crippen LogP contribution in [0.15, 0.2) is 72.8 Å². The van der Waals surface area contributed by atoms with Gasteiger partial charge in [0.05, 0.1) is 25.5 Å². The highest BCUT2D eigenvalue weighted by Gasteiger charge is 2.36. The molecule has 154 valence electrons. The summed E-state index contributed by atoms with van der Waals surface area (Å²) >= 11 is 1.59. The van der Waals surface area contributed by atoms with E-state index in [0.717, 1.165) is 34.1 Å². The van der Waals surface area contributed by atoms with Crippen molar-refractivity contribution in [2.24, 2.45) is 0 Å². The lowest BCUT2D eigenvalue weighted by atomic mass is 10.1. The second kappa shape index (κ2) is 9.13. The Kier molecular flexibility index (Phi) is 6.14. The Morgan fingerprint density at radius 1 is 0.867 bits per heavy atom. The van der Waals surface area contributed by atoms with Crippen molar-refractivity contribution < 1.29 is 19.0 Å². The smallest absolute Gasteiger partial charge is 0.234 e. The number of ether oxygens (including phenoxy) is 3. The van der Waals surface area contributed by atoms with E-state index in [4.69, 9.17) is 14.2 Å². The van der Waals surface area contributed by atoms with Crippen molar-refractivity contribution in [2.75, 3.05) is 20.0 Å². The zero-order valence-corrected chi connectivity index (χ0v) is 17.7. The van der Waals surface area contributed by atoms with Gasteiger partial charge in [0.15, 0.2) is 0 Å². The molecular weight excluding hydrogens is 398 g/mol. The number of hydrogen-bond acceptors (Lipinski definition) is 5. The van der Waals surface area contributed by atoms with E-state index in [0.29, 0.717) is 12.3 Å². The van der Waals surface area contributed by atoms with E-state index in [-0.39, 0.29) is 11.3 Å². The molecule has 6 heteroatoms. The molecular formula is C24H23NO4S. The molecule has 5 nitrogen and oxygen atoms in total. The molecule has 0 bridgehead atoms. The van der Waals surface area contributed by atoms with E-state index < -0.39 is 0 Å². The van der Waals surface area contributed by atoms with Crippen molar-refractivity contribution in [3.05, 3.63) is 83.9 Å². The second-order valence-corrected chi connectivity index (χ2v) is 7.89. The standard InChI is InChI=1S/C24H23NO4S/c1-27-20-9-6-10-21(28-2)23(20)24-25(22(26)16-30-24)15-17-11-13-19(14-12-17)29-18-7-4-3-5-8-18/h3-14,24H,15-16H2,1-2H3. The number of benzene rings is 3. The number of amides is 1. The van der Waals surface area contributed by atoms with Gasteiger partial charge in [-0.1, -0.05) is 36.4 Å². The average molecular weight is 422 g/mol. The first-order valence-corrected chi connectivity index (χ1v) is 10.7. The van der Waals surface area contributed by atoms with Crippen LogP contribution in [0.1, 0.15) is 16.5 Å². The van der Waals surface area contributed by atoms with Crippen molar-refractivity contribution in [2.45, 2.75) is 11.9 Å². The molecule has 0 aromatic heterocycles. The quantitative estimate of drug-likeness (QED) is 0.520. The van der Waals surface area contributed by atoms with Gasteiger partial charge >= 0.3 is 0 Å². The number of rotatable bonds is 7. The van der Waals surface area contributed by atoms with Crippen LogP contribution in [-0.4, -0.2) is 30.8 Å². The molecule has 1 unspecified atom stereocenters. The van der Waals surface area contributed by atoms with Crippen molar-refractivity contribution in [3.8, 4) is 23.0 Å². The van der Waals surface area contributed by atoms with Crippen molar-refractivity contribution >= 4 is 17.7 Å². The SMILES string of the molecule is COc1cccc(OC)c1C1SCC(=O)N1Cc1ccc(Oc2ccccc2)cc1. The monoisotopic (exact) mass is 421 g/mol. The van der Waals surface area contributed by atoms with Gasteiger partial charge in [0.25, 0.3) is 0 Å². The zero-order valence-electron chi connectivity index (χ0n) is 16.9. The Morgan fingerprint density at radius 3 is 2.13 bits per heavy atom. The third-order valence-corrected chi connectivity index (χ3v) is 6.16.